The van der Waals surface area contributed by atoms with Crippen molar-refractivity contribution in [1.29, 1.82) is 0 Å². The Morgan fingerprint density at radius 3 is 2.35 bits per heavy atom. The summed E-state index contributed by atoms with van der Waals surface area (Å²) >= 11 is 0. The minimum absolute atomic E-state index is 0.497. The number of hydrogen-bond acceptors (Lipinski definition) is 5. The summed E-state index contributed by atoms with van der Waals surface area (Å²) in [6, 6.07) is 0. The van der Waals surface area contributed by atoms with Crippen molar-refractivity contribution in [3.63, 3.8) is 0 Å². The molecule has 5 heteroatoms. The van der Waals surface area contributed by atoms with Gasteiger partial charge in [0, 0.05) is 6.61 Å². The Morgan fingerprint density at radius 2 is 1.71 bits per heavy atom. The molecule has 1 aliphatic rings. The molecule has 102 valence electrons. The molecule has 0 aromatic carbocycles. The van der Waals surface area contributed by atoms with Gasteiger partial charge in [-0.05, 0) is 13.3 Å². The maximum absolute atomic E-state index is 9.67. The molecule has 0 saturated carbocycles. The Bertz CT molecular complexity index is 211. The average molecular weight is 248 g/mol. The molecule has 0 radical (unpaired) electrons. The molecule has 0 aromatic heterocycles. The first-order valence-electron chi connectivity index (χ1n) is 6.39. The molecule has 1 saturated heterocycles. The zero-order valence-corrected chi connectivity index (χ0v) is 10.6. The first-order valence-corrected chi connectivity index (χ1v) is 6.39. The Balaban J connectivity index is 2.28. The predicted molar refractivity (Wildman–Crippen MR) is 62.4 cm³/mol. The normalized spacial score (nSPS) is 38.3. The zero-order valence-electron chi connectivity index (χ0n) is 10.6. The van der Waals surface area contributed by atoms with Gasteiger partial charge in [0.1, 0.15) is 18.3 Å². The van der Waals surface area contributed by atoms with Crippen molar-refractivity contribution in [1.82, 2.24) is 0 Å². The summed E-state index contributed by atoms with van der Waals surface area (Å²) in [6.07, 6.45) is -0.525. The Hall–Kier alpha value is -0.200. The molecule has 0 spiro atoms. The average Bonchev–Trinajstić information content (AvgIpc) is 2.32. The lowest BCUT2D eigenvalue weighted by molar-refractivity contribution is -0.293. The van der Waals surface area contributed by atoms with Gasteiger partial charge in [-0.25, -0.2) is 0 Å². The first kappa shape index (κ1) is 14.9. The van der Waals surface area contributed by atoms with Gasteiger partial charge in [-0.15, -0.1) is 0 Å². The maximum Gasteiger partial charge on any atom is 0.186 e. The SMILES string of the molecule is CCCCCCO[C@@H]1OC(C)[C@H](O)C(O)[C@@H]1O. The molecule has 5 nitrogen and oxygen atoms in total. The van der Waals surface area contributed by atoms with Gasteiger partial charge in [-0.1, -0.05) is 26.2 Å². The highest BCUT2D eigenvalue weighted by Crippen LogP contribution is 2.21. The van der Waals surface area contributed by atoms with Crippen LogP contribution in [0.1, 0.15) is 39.5 Å². The lowest BCUT2D eigenvalue weighted by atomic mass is 10.0. The minimum atomic E-state index is -1.21. The quantitative estimate of drug-likeness (QED) is 0.593. The van der Waals surface area contributed by atoms with Crippen LogP contribution in [-0.4, -0.2) is 52.6 Å². The fraction of sp³-hybridized carbons (Fsp3) is 1.00. The molecule has 1 rings (SSSR count). The van der Waals surface area contributed by atoms with Gasteiger partial charge in [0.15, 0.2) is 6.29 Å². The van der Waals surface area contributed by atoms with E-state index in [1.807, 2.05) is 0 Å². The molecule has 2 unspecified atom stereocenters. The first-order chi connectivity index (χ1) is 8.07. The van der Waals surface area contributed by atoms with E-state index in [1.54, 1.807) is 6.92 Å². The van der Waals surface area contributed by atoms with Crippen molar-refractivity contribution in [2.24, 2.45) is 0 Å². The highest BCUT2D eigenvalue weighted by molar-refractivity contribution is 4.87. The number of unbranched alkanes of at least 4 members (excludes halogenated alkanes) is 3. The highest BCUT2D eigenvalue weighted by atomic mass is 16.7. The van der Waals surface area contributed by atoms with Gasteiger partial charge >= 0.3 is 0 Å². The molecule has 0 amide bonds. The molecule has 1 heterocycles. The standard InChI is InChI=1S/C12H24O5/c1-3-4-5-6-7-16-12-11(15)10(14)9(13)8(2)17-12/h8-15H,3-7H2,1-2H3/t8?,9-,10?,11-,12+/m0/s1. The fourth-order valence-corrected chi connectivity index (χ4v) is 1.88. The van der Waals surface area contributed by atoms with Gasteiger partial charge in [-0.3, -0.25) is 0 Å². The Kier molecular flexibility index (Phi) is 6.37. The van der Waals surface area contributed by atoms with E-state index in [9.17, 15) is 15.3 Å². The van der Waals surface area contributed by atoms with Crippen LogP contribution in [-0.2, 0) is 9.47 Å². The predicted octanol–water partition coefficient (Wildman–Crippen LogP) is 0.411. The second-order valence-electron chi connectivity index (χ2n) is 4.61. The van der Waals surface area contributed by atoms with E-state index in [0.29, 0.717) is 6.61 Å². The van der Waals surface area contributed by atoms with Gasteiger partial charge in [0.05, 0.1) is 6.10 Å². The largest absolute Gasteiger partial charge is 0.388 e. The molecule has 1 fully saturated rings. The summed E-state index contributed by atoms with van der Waals surface area (Å²) in [5.74, 6) is 0. The number of rotatable bonds is 6. The van der Waals surface area contributed by atoms with E-state index in [-0.39, 0.29) is 0 Å². The zero-order chi connectivity index (χ0) is 12.8. The topological polar surface area (TPSA) is 79.2 Å². The third-order valence-electron chi connectivity index (χ3n) is 3.09. The molecule has 0 bridgehead atoms. The molecule has 5 atom stereocenters. The second kappa shape index (κ2) is 7.28. The smallest absolute Gasteiger partial charge is 0.186 e. The van der Waals surface area contributed by atoms with Gasteiger partial charge < -0.3 is 24.8 Å². The van der Waals surface area contributed by atoms with Gasteiger partial charge in [0.25, 0.3) is 0 Å². The van der Waals surface area contributed by atoms with Crippen LogP contribution >= 0.6 is 0 Å². The van der Waals surface area contributed by atoms with Crippen molar-refractivity contribution in [2.45, 2.75) is 70.2 Å². The summed E-state index contributed by atoms with van der Waals surface area (Å²) in [7, 11) is 0. The van der Waals surface area contributed by atoms with E-state index in [1.165, 1.54) is 0 Å². The Morgan fingerprint density at radius 1 is 1.00 bits per heavy atom. The van der Waals surface area contributed by atoms with Crippen LogP contribution in [0.25, 0.3) is 0 Å². The van der Waals surface area contributed by atoms with E-state index in [0.717, 1.165) is 25.7 Å². The monoisotopic (exact) mass is 248 g/mol. The summed E-state index contributed by atoms with van der Waals surface area (Å²) < 4.78 is 10.7. The van der Waals surface area contributed by atoms with E-state index in [2.05, 4.69) is 6.92 Å². The molecule has 3 N–H and O–H groups in total. The summed E-state index contributed by atoms with van der Waals surface area (Å²) in [6.45, 7) is 4.28. The number of aliphatic hydroxyl groups is 3. The van der Waals surface area contributed by atoms with Crippen molar-refractivity contribution < 1.29 is 24.8 Å². The molecule has 1 aliphatic heterocycles. The number of aliphatic hydroxyl groups excluding tert-OH is 3. The molecule has 0 aliphatic carbocycles. The van der Waals surface area contributed by atoms with Gasteiger partial charge in [0.2, 0.25) is 0 Å². The van der Waals surface area contributed by atoms with Crippen molar-refractivity contribution in [2.75, 3.05) is 6.61 Å². The number of hydrogen-bond donors (Lipinski definition) is 3. The number of ether oxygens (including phenoxy) is 2. The van der Waals surface area contributed by atoms with E-state index in [4.69, 9.17) is 9.47 Å². The molecular weight excluding hydrogens is 224 g/mol. The van der Waals surface area contributed by atoms with Crippen molar-refractivity contribution in [3.8, 4) is 0 Å². The minimum Gasteiger partial charge on any atom is -0.388 e. The molecule has 0 aromatic rings. The summed E-state index contributed by atoms with van der Waals surface area (Å²) in [5, 5.41) is 28.7. The van der Waals surface area contributed by atoms with Crippen LogP contribution in [0.15, 0.2) is 0 Å². The maximum atomic E-state index is 9.67. The van der Waals surface area contributed by atoms with Crippen LogP contribution in [0.5, 0.6) is 0 Å². The Labute approximate surface area is 102 Å². The van der Waals surface area contributed by atoms with Crippen LogP contribution in [0.3, 0.4) is 0 Å². The van der Waals surface area contributed by atoms with E-state index >= 15 is 0 Å². The van der Waals surface area contributed by atoms with Crippen LogP contribution < -0.4 is 0 Å². The van der Waals surface area contributed by atoms with Gasteiger partial charge in [-0.2, -0.15) is 0 Å². The third-order valence-corrected chi connectivity index (χ3v) is 3.09. The lowest BCUT2D eigenvalue weighted by Gasteiger charge is -2.38. The molecule has 17 heavy (non-hydrogen) atoms. The fourth-order valence-electron chi connectivity index (χ4n) is 1.88. The summed E-state index contributed by atoms with van der Waals surface area (Å²) in [4.78, 5) is 0. The second-order valence-corrected chi connectivity index (χ2v) is 4.61. The third kappa shape index (κ3) is 4.19. The summed E-state index contributed by atoms with van der Waals surface area (Å²) in [5.41, 5.74) is 0. The van der Waals surface area contributed by atoms with Crippen molar-refractivity contribution in [3.05, 3.63) is 0 Å². The van der Waals surface area contributed by atoms with Crippen LogP contribution in [0.2, 0.25) is 0 Å². The van der Waals surface area contributed by atoms with Crippen LogP contribution in [0, 0.1) is 0 Å². The highest BCUT2D eigenvalue weighted by Gasteiger charge is 2.42. The lowest BCUT2D eigenvalue weighted by Crippen LogP contribution is -2.57. The molecular formula is C12H24O5. The van der Waals surface area contributed by atoms with Crippen molar-refractivity contribution >= 4 is 0 Å². The van der Waals surface area contributed by atoms with E-state index < -0.39 is 30.7 Å². The van der Waals surface area contributed by atoms with Crippen LogP contribution in [0.4, 0.5) is 0 Å².